The number of ether oxygens (including phenoxy) is 1. The van der Waals surface area contributed by atoms with Gasteiger partial charge in [-0.05, 0) is 30.5 Å². The first-order valence-electron chi connectivity index (χ1n) is 6.74. The van der Waals surface area contributed by atoms with Gasteiger partial charge >= 0.3 is 5.97 Å². The molecule has 0 saturated heterocycles. The van der Waals surface area contributed by atoms with E-state index in [9.17, 15) is 9.90 Å². The highest BCUT2D eigenvalue weighted by molar-refractivity contribution is 5.88. The van der Waals surface area contributed by atoms with Crippen LogP contribution in [0, 0.1) is 0 Å². The SMILES string of the molecule is COCc1ccccc1-c1ccc(C(=O)O)n1C1CC1. The standard InChI is InChI=1S/C16H17NO3/c1-20-10-11-4-2-3-5-13(11)14-8-9-15(16(18)19)17(14)12-6-7-12/h2-5,8-9,12H,6-7,10H2,1H3,(H,18,19). The van der Waals surface area contributed by atoms with Crippen LogP contribution in [0.2, 0.25) is 0 Å². The van der Waals surface area contributed by atoms with Gasteiger partial charge in [0.1, 0.15) is 5.69 Å². The first kappa shape index (κ1) is 12.9. The van der Waals surface area contributed by atoms with Gasteiger partial charge < -0.3 is 14.4 Å². The zero-order valence-corrected chi connectivity index (χ0v) is 11.4. The summed E-state index contributed by atoms with van der Waals surface area (Å²) in [5.74, 6) is -0.868. The van der Waals surface area contributed by atoms with Crippen molar-refractivity contribution < 1.29 is 14.6 Å². The normalized spacial score (nSPS) is 14.4. The highest BCUT2D eigenvalue weighted by atomic mass is 16.5. The molecule has 0 unspecified atom stereocenters. The van der Waals surface area contributed by atoms with Crippen LogP contribution in [0.3, 0.4) is 0 Å². The summed E-state index contributed by atoms with van der Waals surface area (Å²) in [6, 6.07) is 11.9. The van der Waals surface area contributed by atoms with Gasteiger partial charge in [-0.15, -0.1) is 0 Å². The molecule has 1 heterocycles. The van der Waals surface area contributed by atoms with E-state index in [0.717, 1.165) is 29.7 Å². The lowest BCUT2D eigenvalue weighted by Gasteiger charge is -2.13. The summed E-state index contributed by atoms with van der Waals surface area (Å²) in [5, 5.41) is 9.33. The molecule has 1 saturated carbocycles. The molecule has 1 N–H and O–H groups in total. The van der Waals surface area contributed by atoms with Crippen LogP contribution in [0.5, 0.6) is 0 Å². The first-order chi connectivity index (χ1) is 9.72. The summed E-state index contributed by atoms with van der Waals surface area (Å²) >= 11 is 0. The van der Waals surface area contributed by atoms with Crippen LogP contribution in [0.1, 0.15) is 34.9 Å². The predicted molar refractivity (Wildman–Crippen MR) is 75.8 cm³/mol. The number of nitrogens with zero attached hydrogens (tertiary/aromatic N) is 1. The molecular weight excluding hydrogens is 254 g/mol. The molecule has 3 rings (SSSR count). The lowest BCUT2D eigenvalue weighted by atomic mass is 10.1. The van der Waals surface area contributed by atoms with Gasteiger partial charge in [0.25, 0.3) is 0 Å². The molecule has 104 valence electrons. The molecule has 0 amide bonds. The Bertz CT molecular complexity index is 641. The Balaban J connectivity index is 2.13. The molecule has 1 aromatic heterocycles. The van der Waals surface area contributed by atoms with Gasteiger partial charge in [0, 0.05) is 24.4 Å². The molecule has 2 aromatic rings. The molecule has 1 aliphatic carbocycles. The maximum atomic E-state index is 11.4. The quantitative estimate of drug-likeness (QED) is 0.907. The summed E-state index contributed by atoms with van der Waals surface area (Å²) in [6.45, 7) is 0.522. The topological polar surface area (TPSA) is 51.5 Å². The lowest BCUT2D eigenvalue weighted by molar-refractivity contribution is 0.0685. The number of carbonyl (C=O) groups is 1. The monoisotopic (exact) mass is 271 g/mol. The number of rotatable bonds is 5. The number of methoxy groups -OCH3 is 1. The van der Waals surface area contributed by atoms with Crippen molar-refractivity contribution in [3.63, 3.8) is 0 Å². The van der Waals surface area contributed by atoms with E-state index in [4.69, 9.17) is 4.74 Å². The Kier molecular flexibility index (Phi) is 3.32. The third-order valence-corrected chi connectivity index (χ3v) is 3.64. The molecule has 4 nitrogen and oxygen atoms in total. The lowest BCUT2D eigenvalue weighted by Crippen LogP contribution is -2.08. The van der Waals surface area contributed by atoms with Crippen LogP contribution in [0.4, 0.5) is 0 Å². The Morgan fingerprint density at radius 1 is 1.30 bits per heavy atom. The summed E-state index contributed by atoms with van der Waals surface area (Å²) in [5.41, 5.74) is 3.47. The number of hydrogen-bond donors (Lipinski definition) is 1. The largest absolute Gasteiger partial charge is 0.477 e. The van der Waals surface area contributed by atoms with Crippen LogP contribution in [0.25, 0.3) is 11.3 Å². The molecule has 0 aliphatic heterocycles. The number of carboxylic acid groups (broad SMARTS) is 1. The van der Waals surface area contributed by atoms with Crippen molar-refractivity contribution in [3.05, 3.63) is 47.7 Å². The highest BCUT2D eigenvalue weighted by Crippen LogP contribution is 2.41. The average molecular weight is 271 g/mol. The van der Waals surface area contributed by atoms with E-state index < -0.39 is 5.97 Å². The van der Waals surface area contributed by atoms with E-state index in [1.807, 2.05) is 34.9 Å². The third kappa shape index (κ3) is 2.23. The molecule has 4 heteroatoms. The van der Waals surface area contributed by atoms with Gasteiger partial charge in [0.05, 0.1) is 6.61 Å². The summed E-state index contributed by atoms with van der Waals surface area (Å²) in [7, 11) is 1.67. The minimum Gasteiger partial charge on any atom is -0.477 e. The van der Waals surface area contributed by atoms with Crippen molar-refractivity contribution in [1.29, 1.82) is 0 Å². The van der Waals surface area contributed by atoms with Crippen LogP contribution in [-0.2, 0) is 11.3 Å². The van der Waals surface area contributed by atoms with E-state index >= 15 is 0 Å². The van der Waals surface area contributed by atoms with Crippen molar-refractivity contribution in [1.82, 2.24) is 4.57 Å². The van der Waals surface area contributed by atoms with Gasteiger partial charge in [0.2, 0.25) is 0 Å². The Morgan fingerprint density at radius 2 is 2.05 bits per heavy atom. The fraction of sp³-hybridized carbons (Fsp3) is 0.312. The van der Waals surface area contributed by atoms with Crippen LogP contribution < -0.4 is 0 Å². The number of aromatic nitrogens is 1. The second-order valence-electron chi connectivity index (χ2n) is 5.10. The maximum absolute atomic E-state index is 11.4. The second kappa shape index (κ2) is 5.13. The fourth-order valence-corrected chi connectivity index (χ4v) is 2.62. The molecule has 0 radical (unpaired) electrons. The molecule has 0 atom stereocenters. The van der Waals surface area contributed by atoms with Crippen molar-refractivity contribution in [3.8, 4) is 11.3 Å². The number of benzene rings is 1. The van der Waals surface area contributed by atoms with Crippen molar-refractivity contribution in [2.24, 2.45) is 0 Å². The zero-order chi connectivity index (χ0) is 14.1. The van der Waals surface area contributed by atoms with Crippen molar-refractivity contribution in [2.45, 2.75) is 25.5 Å². The minimum absolute atomic E-state index is 0.321. The second-order valence-corrected chi connectivity index (χ2v) is 5.10. The molecular formula is C16H17NO3. The number of aromatic carboxylic acids is 1. The molecule has 1 aromatic carbocycles. The van der Waals surface area contributed by atoms with E-state index in [-0.39, 0.29) is 0 Å². The van der Waals surface area contributed by atoms with Crippen molar-refractivity contribution in [2.75, 3.05) is 7.11 Å². The molecule has 1 fully saturated rings. The molecule has 0 bridgehead atoms. The Labute approximate surface area is 117 Å². The molecule has 1 aliphatic rings. The fourth-order valence-electron chi connectivity index (χ4n) is 2.62. The van der Waals surface area contributed by atoms with Gasteiger partial charge in [-0.25, -0.2) is 4.79 Å². The summed E-state index contributed by atoms with van der Waals surface area (Å²) in [6.07, 6.45) is 2.10. The van der Waals surface area contributed by atoms with Crippen LogP contribution in [0.15, 0.2) is 36.4 Å². The van der Waals surface area contributed by atoms with E-state index in [1.54, 1.807) is 13.2 Å². The Hall–Kier alpha value is -2.07. The van der Waals surface area contributed by atoms with E-state index in [1.165, 1.54) is 0 Å². The maximum Gasteiger partial charge on any atom is 0.352 e. The smallest absolute Gasteiger partial charge is 0.352 e. The third-order valence-electron chi connectivity index (χ3n) is 3.64. The van der Waals surface area contributed by atoms with Crippen molar-refractivity contribution >= 4 is 5.97 Å². The number of carboxylic acids is 1. The molecule has 0 spiro atoms. The van der Waals surface area contributed by atoms with E-state index in [0.29, 0.717) is 18.3 Å². The van der Waals surface area contributed by atoms with Crippen LogP contribution in [-0.4, -0.2) is 22.8 Å². The van der Waals surface area contributed by atoms with Gasteiger partial charge in [-0.2, -0.15) is 0 Å². The molecule has 20 heavy (non-hydrogen) atoms. The summed E-state index contributed by atoms with van der Waals surface area (Å²) < 4.78 is 7.19. The van der Waals surface area contributed by atoms with E-state index in [2.05, 4.69) is 0 Å². The van der Waals surface area contributed by atoms with Crippen LogP contribution >= 0.6 is 0 Å². The highest BCUT2D eigenvalue weighted by Gasteiger charge is 2.30. The predicted octanol–water partition coefficient (Wildman–Crippen LogP) is 3.33. The average Bonchev–Trinajstić information content (AvgIpc) is 3.18. The number of hydrogen-bond acceptors (Lipinski definition) is 2. The van der Waals surface area contributed by atoms with Gasteiger partial charge in [0.15, 0.2) is 0 Å². The first-order valence-corrected chi connectivity index (χ1v) is 6.74. The van der Waals surface area contributed by atoms with Gasteiger partial charge in [-0.3, -0.25) is 0 Å². The summed E-state index contributed by atoms with van der Waals surface area (Å²) in [4.78, 5) is 11.4. The zero-order valence-electron chi connectivity index (χ0n) is 11.4. The Morgan fingerprint density at radius 3 is 2.70 bits per heavy atom. The minimum atomic E-state index is -0.868. The van der Waals surface area contributed by atoms with Gasteiger partial charge in [-0.1, -0.05) is 24.3 Å².